The zero-order valence-corrected chi connectivity index (χ0v) is 17.6. The van der Waals surface area contributed by atoms with Crippen LogP contribution in [0.2, 0.25) is 0 Å². The fraction of sp³-hybridized carbons (Fsp3) is 0.526. The van der Waals surface area contributed by atoms with Crippen molar-refractivity contribution < 1.29 is 23.8 Å². The van der Waals surface area contributed by atoms with Crippen molar-refractivity contribution in [2.24, 2.45) is 0 Å². The van der Waals surface area contributed by atoms with Crippen molar-refractivity contribution in [3.8, 4) is 22.9 Å². The highest BCUT2D eigenvalue weighted by atomic mass is 16.5. The number of hydrogen-bond donors (Lipinski definition) is 0. The lowest BCUT2D eigenvalue weighted by atomic mass is 10.2. The minimum absolute atomic E-state index is 0.0160. The standard InChI is InChI=1S/C19H27N5O5/c1-12(2)24(13(3)4)17(25)11-29-18(26)10-23-21-19(20-22-23)14-7-8-15(27-5)16(9-14)28-6/h7-9,12-13H,10-11H2,1-6H3. The number of esters is 1. The minimum atomic E-state index is -0.623. The normalized spacial score (nSPS) is 10.9. The number of aromatic nitrogens is 4. The van der Waals surface area contributed by atoms with Crippen molar-refractivity contribution in [1.29, 1.82) is 0 Å². The first-order valence-corrected chi connectivity index (χ1v) is 9.23. The first kappa shape index (κ1) is 22.1. The van der Waals surface area contributed by atoms with E-state index in [4.69, 9.17) is 14.2 Å². The summed E-state index contributed by atoms with van der Waals surface area (Å²) >= 11 is 0. The minimum Gasteiger partial charge on any atom is -0.493 e. The van der Waals surface area contributed by atoms with Gasteiger partial charge in [0.1, 0.15) is 0 Å². The summed E-state index contributed by atoms with van der Waals surface area (Å²) in [5.41, 5.74) is 0.655. The molecule has 0 saturated carbocycles. The van der Waals surface area contributed by atoms with Crippen LogP contribution < -0.4 is 9.47 Å². The Labute approximate surface area is 169 Å². The number of hydrogen-bond acceptors (Lipinski definition) is 8. The first-order chi connectivity index (χ1) is 13.8. The fourth-order valence-corrected chi connectivity index (χ4v) is 2.95. The number of carbonyl (C=O) groups excluding carboxylic acids is 2. The van der Waals surface area contributed by atoms with Crippen LogP contribution in [-0.4, -0.2) is 69.9 Å². The topological polar surface area (TPSA) is 109 Å². The number of tetrazole rings is 1. The van der Waals surface area contributed by atoms with E-state index in [9.17, 15) is 9.59 Å². The molecule has 1 aromatic heterocycles. The molecule has 0 radical (unpaired) electrons. The van der Waals surface area contributed by atoms with Gasteiger partial charge in [0.25, 0.3) is 5.91 Å². The molecule has 1 heterocycles. The highest BCUT2D eigenvalue weighted by Crippen LogP contribution is 2.30. The van der Waals surface area contributed by atoms with Gasteiger partial charge < -0.3 is 19.1 Å². The molecular formula is C19H27N5O5. The van der Waals surface area contributed by atoms with Gasteiger partial charge in [-0.25, -0.2) is 4.79 Å². The van der Waals surface area contributed by atoms with Crippen LogP contribution in [0.3, 0.4) is 0 Å². The van der Waals surface area contributed by atoms with E-state index < -0.39 is 5.97 Å². The summed E-state index contributed by atoms with van der Waals surface area (Å²) in [4.78, 5) is 27.1. The van der Waals surface area contributed by atoms with Gasteiger partial charge in [0.15, 0.2) is 24.7 Å². The molecule has 10 nitrogen and oxygen atoms in total. The van der Waals surface area contributed by atoms with Crippen LogP contribution in [0.4, 0.5) is 0 Å². The van der Waals surface area contributed by atoms with Crippen LogP contribution >= 0.6 is 0 Å². The number of amides is 1. The number of carbonyl (C=O) groups is 2. The summed E-state index contributed by atoms with van der Waals surface area (Å²) < 4.78 is 15.5. The summed E-state index contributed by atoms with van der Waals surface area (Å²) in [5.74, 6) is 0.552. The second kappa shape index (κ2) is 9.85. The lowest BCUT2D eigenvalue weighted by Crippen LogP contribution is -2.44. The van der Waals surface area contributed by atoms with Crippen LogP contribution in [0.1, 0.15) is 27.7 Å². The largest absolute Gasteiger partial charge is 0.493 e. The summed E-state index contributed by atoms with van der Waals surface area (Å²) in [5, 5.41) is 12.0. The molecule has 0 aliphatic heterocycles. The molecule has 0 atom stereocenters. The molecule has 2 rings (SSSR count). The molecule has 1 aromatic carbocycles. The number of ether oxygens (including phenoxy) is 3. The van der Waals surface area contributed by atoms with Crippen molar-refractivity contribution in [3.05, 3.63) is 18.2 Å². The average molecular weight is 405 g/mol. The smallest absolute Gasteiger partial charge is 0.330 e. The maximum Gasteiger partial charge on any atom is 0.330 e. The maximum absolute atomic E-state index is 12.3. The lowest BCUT2D eigenvalue weighted by molar-refractivity contribution is -0.154. The number of methoxy groups -OCH3 is 2. The quantitative estimate of drug-likeness (QED) is 0.578. The van der Waals surface area contributed by atoms with Crippen molar-refractivity contribution in [2.45, 2.75) is 46.3 Å². The molecular weight excluding hydrogens is 378 g/mol. The summed E-state index contributed by atoms with van der Waals surface area (Å²) in [6, 6.07) is 5.23. The van der Waals surface area contributed by atoms with Gasteiger partial charge in [-0.1, -0.05) is 0 Å². The monoisotopic (exact) mass is 405 g/mol. The van der Waals surface area contributed by atoms with E-state index in [2.05, 4.69) is 15.4 Å². The third-order valence-corrected chi connectivity index (χ3v) is 4.12. The van der Waals surface area contributed by atoms with Crippen molar-refractivity contribution in [2.75, 3.05) is 20.8 Å². The van der Waals surface area contributed by atoms with E-state index in [-0.39, 0.29) is 31.1 Å². The van der Waals surface area contributed by atoms with Gasteiger partial charge in [-0.15, -0.1) is 10.2 Å². The Morgan fingerprint density at radius 1 is 1.07 bits per heavy atom. The molecule has 2 aromatic rings. The van der Waals surface area contributed by atoms with Crippen molar-refractivity contribution in [3.63, 3.8) is 0 Å². The molecule has 0 unspecified atom stereocenters. The SMILES string of the molecule is COc1ccc(-c2nnn(CC(=O)OCC(=O)N(C(C)C)C(C)C)n2)cc1OC. The van der Waals surface area contributed by atoms with Crippen LogP contribution in [-0.2, 0) is 20.9 Å². The Kier molecular flexibility index (Phi) is 7.52. The number of rotatable bonds is 9. The Balaban J connectivity index is 1.98. The highest BCUT2D eigenvalue weighted by Gasteiger charge is 2.21. The van der Waals surface area contributed by atoms with Crippen molar-refractivity contribution in [1.82, 2.24) is 25.1 Å². The highest BCUT2D eigenvalue weighted by molar-refractivity contribution is 5.81. The van der Waals surface area contributed by atoms with Crippen LogP contribution in [0, 0.1) is 0 Å². The van der Waals surface area contributed by atoms with E-state index in [0.717, 1.165) is 4.80 Å². The molecule has 0 fully saturated rings. The number of benzene rings is 1. The summed E-state index contributed by atoms with van der Waals surface area (Å²) in [6.07, 6.45) is 0. The van der Waals surface area contributed by atoms with Gasteiger partial charge in [0.2, 0.25) is 5.82 Å². The van der Waals surface area contributed by atoms with Crippen molar-refractivity contribution >= 4 is 11.9 Å². The van der Waals surface area contributed by atoms with E-state index in [1.165, 1.54) is 7.11 Å². The molecule has 10 heteroatoms. The predicted octanol–water partition coefficient (Wildman–Crippen LogP) is 1.55. The molecule has 1 amide bonds. The van der Waals surface area contributed by atoms with Gasteiger partial charge in [0.05, 0.1) is 14.2 Å². The van der Waals surface area contributed by atoms with E-state index in [1.54, 1.807) is 30.2 Å². The second-order valence-corrected chi connectivity index (χ2v) is 6.86. The van der Waals surface area contributed by atoms with Gasteiger partial charge in [0, 0.05) is 17.6 Å². The third kappa shape index (κ3) is 5.66. The fourth-order valence-electron chi connectivity index (χ4n) is 2.95. The van der Waals surface area contributed by atoms with E-state index in [0.29, 0.717) is 22.9 Å². The molecule has 0 aliphatic carbocycles. The van der Waals surface area contributed by atoms with Crippen LogP contribution in [0.5, 0.6) is 11.5 Å². The van der Waals surface area contributed by atoms with Crippen LogP contribution in [0.15, 0.2) is 18.2 Å². The van der Waals surface area contributed by atoms with Gasteiger partial charge >= 0.3 is 5.97 Å². The molecule has 0 N–H and O–H groups in total. The zero-order valence-electron chi connectivity index (χ0n) is 17.6. The predicted molar refractivity (Wildman–Crippen MR) is 104 cm³/mol. The van der Waals surface area contributed by atoms with E-state index in [1.807, 2.05) is 27.7 Å². The first-order valence-electron chi connectivity index (χ1n) is 9.23. The lowest BCUT2D eigenvalue weighted by Gasteiger charge is -2.30. The molecule has 0 spiro atoms. The molecule has 29 heavy (non-hydrogen) atoms. The van der Waals surface area contributed by atoms with Gasteiger partial charge in [-0.05, 0) is 51.1 Å². The van der Waals surface area contributed by atoms with Gasteiger partial charge in [-0.2, -0.15) is 4.80 Å². The Morgan fingerprint density at radius 2 is 1.72 bits per heavy atom. The summed E-state index contributed by atoms with van der Waals surface area (Å²) in [6.45, 7) is 7.07. The Hall–Kier alpha value is -3.17. The van der Waals surface area contributed by atoms with E-state index >= 15 is 0 Å². The Bertz CT molecular complexity index is 841. The Morgan fingerprint density at radius 3 is 2.31 bits per heavy atom. The third-order valence-electron chi connectivity index (χ3n) is 4.12. The average Bonchev–Trinajstić information content (AvgIpc) is 3.13. The second-order valence-electron chi connectivity index (χ2n) is 6.86. The molecule has 0 saturated heterocycles. The zero-order chi connectivity index (χ0) is 21.6. The van der Waals surface area contributed by atoms with Crippen LogP contribution in [0.25, 0.3) is 11.4 Å². The van der Waals surface area contributed by atoms with Gasteiger partial charge in [-0.3, -0.25) is 4.79 Å². The maximum atomic E-state index is 12.3. The molecule has 158 valence electrons. The summed E-state index contributed by atoms with van der Waals surface area (Å²) in [7, 11) is 3.08. The molecule has 0 aliphatic rings. The number of nitrogens with zero attached hydrogens (tertiary/aromatic N) is 5. The molecule has 0 bridgehead atoms.